The Morgan fingerprint density at radius 2 is 2.26 bits per heavy atom. The Balaban J connectivity index is 2.03. The summed E-state index contributed by atoms with van der Waals surface area (Å²) in [7, 11) is 1.89. The molecule has 0 aliphatic heterocycles. The molecule has 0 radical (unpaired) electrons. The van der Waals surface area contributed by atoms with Gasteiger partial charge in [-0.25, -0.2) is 4.98 Å². The van der Waals surface area contributed by atoms with Crippen LogP contribution in [-0.4, -0.2) is 21.9 Å². The van der Waals surface area contributed by atoms with E-state index in [-0.39, 0.29) is 0 Å². The van der Waals surface area contributed by atoms with Crippen molar-refractivity contribution in [3.63, 3.8) is 0 Å². The molecule has 0 aliphatic rings. The Kier molecular flexibility index (Phi) is 4.18. The molecule has 0 fully saturated rings. The van der Waals surface area contributed by atoms with E-state index in [1.807, 2.05) is 17.3 Å². The van der Waals surface area contributed by atoms with E-state index >= 15 is 0 Å². The first-order chi connectivity index (χ1) is 9.06. The second kappa shape index (κ2) is 5.85. The van der Waals surface area contributed by atoms with Gasteiger partial charge in [0.2, 0.25) is 5.82 Å². The third-order valence-corrected chi connectivity index (χ3v) is 3.21. The predicted molar refractivity (Wildman–Crippen MR) is 70.3 cm³/mol. The Morgan fingerprint density at radius 3 is 2.84 bits per heavy atom. The average Bonchev–Trinajstić information content (AvgIpc) is 2.81. The SMILES string of the molecule is CN(Cc1ccc([N+](=O)[O-])c(F)c1)Cc1cscn1. The highest BCUT2D eigenvalue weighted by atomic mass is 32.1. The minimum atomic E-state index is -0.801. The van der Waals surface area contributed by atoms with Crippen LogP contribution >= 0.6 is 11.3 Å². The van der Waals surface area contributed by atoms with Gasteiger partial charge in [-0.15, -0.1) is 11.3 Å². The number of nitro groups is 1. The maximum Gasteiger partial charge on any atom is 0.304 e. The highest BCUT2D eigenvalue weighted by Gasteiger charge is 2.14. The zero-order chi connectivity index (χ0) is 13.8. The maximum absolute atomic E-state index is 13.5. The Bertz CT molecular complexity index is 574. The van der Waals surface area contributed by atoms with Gasteiger partial charge in [0, 0.05) is 24.5 Å². The Hall–Kier alpha value is -1.86. The van der Waals surface area contributed by atoms with Gasteiger partial charge in [0.05, 0.1) is 16.1 Å². The van der Waals surface area contributed by atoms with Crippen molar-refractivity contribution in [3.8, 4) is 0 Å². The summed E-state index contributed by atoms with van der Waals surface area (Å²) in [6.07, 6.45) is 0. The summed E-state index contributed by atoms with van der Waals surface area (Å²) in [6.45, 7) is 1.16. The van der Waals surface area contributed by atoms with Crippen LogP contribution in [0.1, 0.15) is 11.3 Å². The second-order valence-electron chi connectivity index (χ2n) is 4.19. The van der Waals surface area contributed by atoms with Crippen molar-refractivity contribution >= 4 is 17.0 Å². The van der Waals surface area contributed by atoms with Gasteiger partial charge in [-0.3, -0.25) is 15.0 Å². The molecular weight excluding hydrogens is 269 g/mol. The van der Waals surface area contributed by atoms with E-state index in [1.54, 1.807) is 11.6 Å². The Morgan fingerprint density at radius 1 is 1.47 bits per heavy atom. The van der Waals surface area contributed by atoms with E-state index in [9.17, 15) is 14.5 Å². The number of halogens is 1. The van der Waals surface area contributed by atoms with Crippen LogP contribution in [0.3, 0.4) is 0 Å². The van der Waals surface area contributed by atoms with Crippen LogP contribution in [0.15, 0.2) is 29.1 Å². The highest BCUT2D eigenvalue weighted by molar-refractivity contribution is 7.07. The van der Waals surface area contributed by atoms with Crippen molar-refractivity contribution in [2.75, 3.05) is 7.05 Å². The number of rotatable bonds is 5. The lowest BCUT2D eigenvalue weighted by Gasteiger charge is -2.15. The third kappa shape index (κ3) is 3.55. The number of hydrogen-bond acceptors (Lipinski definition) is 5. The molecule has 5 nitrogen and oxygen atoms in total. The molecule has 0 unspecified atom stereocenters. The lowest BCUT2D eigenvalue weighted by atomic mass is 10.2. The predicted octanol–water partition coefficient (Wildman–Crippen LogP) is 2.82. The number of aromatic nitrogens is 1. The molecule has 0 saturated heterocycles. The van der Waals surface area contributed by atoms with Gasteiger partial charge in [0.1, 0.15) is 0 Å². The molecule has 1 aromatic heterocycles. The van der Waals surface area contributed by atoms with Crippen LogP contribution in [0.2, 0.25) is 0 Å². The molecule has 19 heavy (non-hydrogen) atoms. The zero-order valence-electron chi connectivity index (χ0n) is 10.2. The van der Waals surface area contributed by atoms with Crippen molar-refractivity contribution in [2.45, 2.75) is 13.1 Å². The van der Waals surface area contributed by atoms with E-state index in [0.717, 1.165) is 5.69 Å². The molecule has 7 heteroatoms. The molecule has 0 spiro atoms. The van der Waals surface area contributed by atoms with E-state index in [1.165, 1.54) is 23.5 Å². The lowest BCUT2D eigenvalue weighted by molar-refractivity contribution is -0.387. The molecule has 1 heterocycles. The first-order valence-corrected chi connectivity index (χ1v) is 6.49. The van der Waals surface area contributed by atoms with Gasteiger partial charge in [0.15, 0.2) is 0 Å². The van der Waals surface area contributed by atoms with E-state index in [2.05, 4.69) is 4.98 Å². The number of nitrogens with zero attached hydrogens (tertiary/aromatic N) is 3. The van der Waals surface area contributed by atoms with Gasteiger partial charge >= 0.3 is 5.69 Å². The summed E-state index contributed by atoms with van der Waals surface area (Å²) in [4.78, 5) is 15.9. The molecule has 0 amide bonds. The average molecular weight is 281 g/mol. The van der Waals surface area contributed by atoms with E-state index < -0.39 is 16.4 Å². The third-order valence-electron chi connectivity index (χ3n) is 2.58. The minimum absolute atomic E-state index is 0.495. The van der Waals surface area contributed by atoms with Crippen molar-refractivity contribution in [1.82, 2.24) is 9.88 Å². The highest BCUT2D eigenvalue weighted by Crippen LogP contribution is 2.19. The molecule has 0 N–H and O–H groups in total. The van der Waals surface area contributed by atoms with Crippen LogP contribution in [0.25, 0.3) is 0 Å². The fourth-order valence-electron chi connectivity index (χ4n) is 1.76. The summed E-state index contributed by atoms with van der Waals surface area (Å²) in [6, 6.07) is 3.97. The fraction of sp³-hybridized carbons (Fsp3) is 0.250. The molecule has 0 atom stereocenters. The van der Waals surface area contributed by atoms with E-state index in [4.69, 9.17) is 0 Å². The standard InChI is InChI=1S/C12H12FN3O2S/c1-15(6-10-7-19-8-14-10)5-9-2-3-12(16(17)18)11(13)4-9/h2-4,7-8H,5-6H2,1H3. The molecule has 0 aliphatic carbocycles. The minimum Gasteiger partial charge on any atom is -0.296 e. The number of benzene rings is 1. The van der Waals surface area contributed by atoms with E-state index in [0.29, 0.717) is 18.7 Å². The number of nitro benzene ring substituents is 1. The van der Waals surface area contributed by atoms with Crippen molar-refractivity contribution < 1.29 is 9.31 Å². The summed E-state index contributed by atoms with van der Waals surface area (Å²) < 4.78 is 13.5. The Labute approximate surface area is 113 Å². The van der Waals surface area contributed by atoms with Crippen LogP contribution in [-0.2, 0) is 13.1 Å². The molecule has 0 saturated carbocycles. The van der Waals surface area contributed by atoms with Gasteiger partial charge in [-0.1, -0.05) is 6.07 Å². The molecule has 1 aromatic carbocycles. The largest absolute Gasteiger partial charge is 0.304 e. The quantitative estimate of drug-likeness (QED) is 0.624. The topological polar surface area (TPSA) is 59.3 Å². The second-order valence-corrected chi connectivity index (χ2v) is 4.91. The van der Waals surface area contributed by atoms with Gasteiger partial charge in [-0.05, 0) is 18.7 Å². The molecule has 100 valence electrons. The molecular formula is C12H12FN3O2S. The van der Waals surface area contributed by atoms with Gasteiger partial charge in [-0.2, -0.15) is 4.39 Å². The van der Waals surface area contributed by atoms with Crippen LogP contribution in [0.4, 0.5) is 10.1 Å². The van der Waals surface area contributed by atoms with Crippen molar-refractivity contribution in [1.29, 1.82) is 0 Å². The van der Waals surface area contributed by atoms with Gasteiger partial charge in [0.25, 0.3) is 0 Å². The van der Waals surface area contributed by atoms with Crippen molar-refractivity contribution in [2.24, 2.45) is 0 Å². The summed E-state index contributed by atoms with van der Waals surface area (Å²) in [5.74, 6) is -0.801. The molecule has 2 rings (SSSR count). The maximum atomic E-state index is 13.5. The van der Waals surface area contributed by atoms with Gasteiger partial charge < -0.3 is 0 Å². The van der Waals surface area contributed by atoms with Crippen molar-refractivity contribution in [3.05, 3.63) is 56.3 Å². The van der Waals surface area contributed by atoms with Crippen LogP contribution in [0, 0.1) is 15.9 Å². The van der Waals surface area contributed by atoms with Crippen LogP contribution in [0.5, 0.6) is 0 Å². The molecule has 2 aromatic rings. The van der Waals surface area contributed by atoms with Crippen LogP contribution < -0.4 is 0 Å². The first kappa shape index (κ1) is 13.6. The number of thiazole rings is 1. The summed E-state index contributed by atoms with van der Waals surface area (Å²) >= 11 is 1.52. The summed E-state index contributed by atoms with van der Waals surface area (Å²) in [5.41, 5.74) is 2.91. The fourth-order valence-corrected chi connectivity index (χ4v) is 2.31. The normalized spacial score (nSPS) is 10.9. The monoisotopic (exact) mass is 281 g/mol. The smallest absolute Gasteiger partial charge is 0.296 e. The zero-order valence-corrected chi connectivity index (χ0v) is 11.1. The first-order valence-electron chi connectivity index (χ1n) is 5.54. The summed E-state index contributed by atoms with van der Waals surface area (Å²) in [5, 5.41) is 12.5. The lowest BCUT2D eigenvalue weighted by Crippen LogP contribution is -2.17. The molecule has 0 bridgehead atoms. The number of hydrogen-bond donors (Lipinski definition) is 0.